The lowest BCUT2D eigenvalue weighted by molar-refractivity contribution is -0.385. The fraction of sp³-hybridized carbons (Fsp3) is 0.462. The van der Waals surface area contributed by atoms with Crippen molar-refractivity contribution in [1.82, 2.24) is 10.6 Å². The number of benzene rings is 1. The lowest BCUT2D eigenvalue weighted by Crippen LogP contribution is -2.52. The fourth-order valence-corrected chi connectivity index (χ4v) is 2.63. The molecule has 116 valence electrons. The lowest BCUT2D eigenvalue weighted by atomic mass is 9.99. The molecule has 1 aliphatic heterocycles. The molecule has 1 fully saturated rings. The Labute approximate surface area is 133 Å². The van der Waals surface area contributed by atoms with Crippen molar-refractivity contribution in [2.45, 2.75) is 31.8 Å². The third-order valence-electron chi connectivity index (χ3n) is 3.49. The van der Waals surface area contributed by atoms with Crippen LogP contribution in [0.25, 0.3) is 0 Å². The second-order valence-corrected chi connectivity index (χ2v) is 5.26. The smallest absolute Gasteiger partial charge is 0.283 e. The van der Waals surface area contributed by atoms with Gasteiger partial charge in [-0.2, -0.15) is 0 Å². The number of hydrogen-bond acceptors (Lipinski definition) is 4. The number of carbonyl (C=O) groups excluding carboxylic acids is 1. The van der Waals surface area contributed by atoms with Crippen molar-refractivity contribution in [3.63, 3.8) is 0 Å². The summed E-state index contributed by atoms with van der Waals surface area (Å²) in [5, 5.41) is 17.2. The van der Waals surface area contributed by atoms with Crippen LogP contribution in [-0.4, -0.2) is 29.5 Å². The molecule has 1 saturated heterocycles. The number of nitro groups is 1. The predicted molar refractivity (Wildman–Crippen MR) is 83.3 cm³/mol. The molecule has 0 bridgehead atoms. The second-order valence-electron chi connectivity index (χ2n) is 4.86. The molecule has 1 heterocycles. The van der Waals surface area contributed by atoms with E-state index in [1.807, 2.05) is 6.92 Å². The quantitative estimate of drug-likeness (QED) is 0.657. The maximum absolute atomic E-state index is 12.3. The third-order valence-corrected chi connectivity index (χ3v) is 3.81. The molecular weight excluding hydrogens is 317 g/mol. The summed E-state index contributed by atoms with van der Waals surface area (Å²) in [7, 11) is 0. The molecular formula is C13H17Cl2N3O3. The van der Waals surface area contributed by atoms with Crippen molar-refractivity contribution in [2.24, 2.45) is 0 Å². The zero-order chi connectivity index (χ0) is 14.7. The van der Waals surface area contributed by atoms with Gasteiger partial charge in [-0.25, -0.2) is 0 Å². The van der Waals surface area contributed by atoms with E-state index in [1.165, 1.54) is 18.2 Å². The molecule has 2 atom stereocenters. The van der Waals surface area contributed by atoms with Crippen molar-refractivity contribution in [1.29, 1.82) is 0 Å². The summed E-state index contributed by atoms with van der Waals surface area (Å²) in [6, 6.07) is 4.30. The average molecular weight is 334 g/mol. The van der Waals surface area contributed by atoms with Gasteiger partial charge >= 0.3 is 0 Å². The average Bonchev–Trinajstić information content (AvgIpc) is 2.40. The molecule has 21 heavy (non-hydrogen) atoms. The Bertz CT molecular complexity index is 539. The number of carbonyl (C=O) groups is 1. The van der Waals surface area contributed by atoms with Crippen LogP contribution in [0.1, 0.15) is 30.1 Å². The topological polar surface area (TPSA) is 84.3 Å². The molecule has 0 aliphatic carbocycles. The molecule has 8 heteroatoms. The van der Waals surface area contributed by atoms with Crippen LogP contribution >= 0.6 is 24.0 Å². The minimum Gasteiger partial charge on any atom is -0.347 e. The molecule has 1 aliphatic rings. The van der Waals surface area contributed by atoms with Gasteiger partial charge in [0.05, 0.1) is 9.95 Å². The van der Waals surface area contributed by atoms with E-state index in [2.05, 4.69) is 10.6 Å². The van der Waals surface area contributed by atoms with Crippen LogP contribution in [0.5, 0.6) is 0 Å². The van der Waals surface area contributed by atoms with E-state index < -0.39 is 10.8 Å². The SMILES string of the molecule is CC1NCCCC1NC(=O)c1c(Cl)cccc1[N+](=O)[O-].Cl. The Hall–Kier alpha value is -1.37. The number of nitrogens with zero attached hydrogens (tertiary/aromatic N) is 1. The van der Waals surface area contributed by atoms with Crippen LogP contribution < -0.4 is 10.6 Å². The Morgan fingerprint density at radius 1 is 1.52 bits per heavy atom. The first-order valence-corrected chi connectivity index (χ1v) is 6.85. The van der Waals surface area contributed by atoms with Crippen molar-refractivity contribution >= 4 is 35.6 Å². The lowest BCUT2D eigenvalue weighted by Gasteiger charge is -2.30. The minimum atomic E-state index is -0.594. The molecule has 2 rings (SSSR count). The molecule has 6 nitrogen and oxygen atoms in total. The molecule has 2 unspecified atom stereocenters. The monoisotopic (exact) mass is 333 g/mol. The van der Waals surface area contributed by atoms with Gasteiger partial charge in [0.25, 0.3) is 11.6 Å². The summed E-state index contributed by atoms with van der Waals surface area (Å²) in [5.74, 6) is -0.497. The molecule has 0 radical (unpaired) electrons. The van der Waals surface area contributed by atoms with Crippen LogP contribution in [0.2, 0.25) is 5.02 Å². The molecule has 0 aromatic heterocycles. The van der Waals surface area contributed by atoms with Gasteiger partial charge < -0.3 is 10.6 Å². The van der Waals surface area contributed by atoms with Crippen molar-refractivity contribution < 1.29 is 9.72 Å². The Morgan fingerprint density at radius 2 is 2.24 bits per heavy atom. The first-order chi connectivity index (χ1) is 9.50. The van der Waals surface area contributed by atoms with E-state index in [1.54, 1.807) is 0 Å². The van der Waals surface area contributed by atoms with E-state index in [0.29, 0.717) is 0 Å². The number of piperidine rings is 1. The Kier molecular flexibility index (Phi) is 6.39. The highest BCUT2D eigenvalue weighted by Crippen LogP contribution is 2.26. The zero-order valence-corrected chi connectivity index (χ0v) is 13.0. The summed E-state index contributed by atoms with van der Waals surface area (Å²) >= 11 is 5.94. The van der Waals surface area contributed by atoms with Gasteiger partial charge in [0.15, 0.2) is 0 Å². The largest absolute Gasteiger partial charge is 0.347 e. The number of hydrogen-bond donors (Lipinski definition) is 2. The van der Waals surface area contributed by atoms with E-state index >= 15 is 0 Å². The summed E-state index contributed by atoms with van der Waals surface area (Å²) < 4.78 is 0. The summed E-state index contributed by atoms with van der Waals surface area (Å²) in [6.07, 6.45) is 1.80. The molecule has 1 amide bonds. The highest BCUT2D eigenvalue weighted by Gasteiger charge is 2.28. The Balaban J connectivity index is 0.00000220. The number of nitro benzene ring substituents is 1. The molecule has 0 spiro atoms. The van der Waals surface area contributed by atoms with Crippen molar-refractivity contribution in [3.05, 3.63) is 38.9 Å². The Morgan fingerprint density at radius 3 is 2.86 bits per heavy atom. The number of amides is 1. The summed E-state index contributed by atoms with van der Waals surface area (Å²) in [6.45, 7) is 2.89. The maximum Gasteiger partial charge on any atom is 0.283 e. The summed E-state index contributed by atoms with van der Waals surface area (Å²) in [5.41, 5.74) is -0.344. The molecule has 1 aromatic carbocycles. The van der Waals surface area contributed by atoms with E-state index in [-0.39, 0.29) is 40.8 Å². The minimum absolute atomic E-state index is 0. The maximum atomic E-state index is 12.3. The number of halogens is 2. The van der Waals surface area contributed by atoms with Gasteiger partial charge in [-0.15, -0.1) is 12.4 Å². The summed E-state index contributed by atoms with van der Waals surface area (Å²) in [4.78, 5) is 22.7. The van der Waals surface area contributed by atoms with Gasteiger partial charge in [-0.1, -0.05) is 17.7 Å². The highest BCUT2D eigenvalue weighted by atomic mass is 35.5. The predicted octanol–water partition coefficient (Wildman–Crippen LogP) is 2.54. The first kappa shape index (κ1) is 17.7. The van der Waals surface area contributed by atoms with Crippen LogP contribution in [0, 0.1) is 10.1 Å². The number of nitrogens with one attached hydrogen (secondary N) is 2. The first-order valence-electron chi connectivity index (χ1n) is 6.48. The molecule has 2 N–H and O–H groups in total. The molecule has 0 saturated carbocycles. The van der Waals surface area contributed by atoms with E-state index in [0.717, 1.165) is 19.4 Å². The fourth-order valence-electron chi connectivity index (χ4n) is 2.37. The standard InChI is InChI=1S/C13H16ClN3O3.ClH/c1-8-10(5-3-7-15-8)16-13(18)12-9(14)4-2-6-11(12)17(19)20;/h2,4,6,8,10,15H,3,5,7H2,1H3,(H,16,18);1H. The second kappa shape index (κ2) is 7.59. The van der Waals surface area contributed by atoms with Gasteiger partial charge in [-0.05, 0) is 32.4 Å². The highest BCUT2D eigenvalue weighted by molar-refractivity contribution is 6.34. The third kappa shape index (κ3) is 4.06. The van der Waals surface area contributed by atoms with Gasteiger partial charge in [0.1, 0.15) is 5.56 Å². The van der Waals surface area contributed by atoms with Crippen LogP contribution in [-0.2, 0) is 0 Å². The van der Waals surface area contributed by atoms with Gasteiger partial charge in [0, 0.05) is 18.2 Å². The van der Waals surface area contributed by atoms with Gasteiger partial charge in [-0.3, -0.25) is 14.9 Å². The number of rotatable bonds is 3. The van der Waals surface area contributed by atoms with Crippen LogP contribution in [0.3, 0.4) is 0 Å². The van der Waals surface area contributed by atoms with Crippen LogP contribution in [0.15, 0.2) is 18.2 Å². The molecule has 1 aromatic rings. The van der Waals surface area contributed by atoms with Crippen molar-refractivity contribution in [2.75, 3.05) is 6.54 Å². The van der Waals surface area contributed by atoms with Crippen molar-refractivity contribution in [3.8, 4) is 0 Å². The van der Waals surface area contributed by atoms with E-state index in [9.17, 15) is 14.9 Å². The van der Waals surface area contributed by atoms with Crippen LogP contribution in [0.4, 0.5) is 5.69 Å². The van der Waals surface area contributed by atoms with E-state index in [4.69, 9.17) is 11.6 Å². The zero-order valence-electron chi connectivity index (χ0n) is 11.5. The normalized spacial score (nSPS) is 21.2. The van der Waals surface area contributed by atoms with Gasteiger partial charge in [0.2, 0.25) is 0 Å².